The van der Waals surface area contributed by atoms with Gasteiger partial charge in [0.1, 0.15) is 16.1 Å². The molecule has 4 heteroatoms. The van der Waals surface area contributed by atoms with Gasteiger partial charge in [0, 0.05) is 12.7 Å². The van der Waals surface area contributed by atoms with Crippen molar-refractivity contribution in [3.63, 3.8) is 0 Å². The molecule has 1 aliphatic rings. The molecule has 1 fully saturated rings. The van der Waals surface area contributed by atoms with Crippen molar-refractivity contribution in [3.8, 4) is 0 Å². The van der Waals surface area contributed by atoms with E-state index in [-0.39, 0.29) is 5.25 Å². The molecule has 0 bridgehead atoms. The third kappa shape index (κ3) is 3.10. The van der Waals surface area contributed by atoms with Gasteiger partial charge in [-0.3, -0.25) is 0 Å². The third-order valence-corrected chi connectivity index (χ3v) is 4.51. The zero-order valence-corrected chi connectivity index (χ0v) is 8.72. The van der Waals surface area contributed by atoms with Crippen LogP contribution in [0.2, 0.25) is 0 Å². The highest BCUT2D eigenvalue weighted by atomic mass is 32.2. The molecule has 76 valence electrons. The van der Waals surface area contributed by atoms with E-state index in [1.807, 2.05) is 0 Å². The molecule has 0 aromatic rings. The minimum Gasteiger partial charge on any atom is -0.303 e. The third-order valence-electron chi connectivity index (χ3n) is 2.83. The normalized spacial score (nSPS) is 29.9. The van der Waals surface area contributed by atoms with E-state index in [1.165, 1.54) is 6.26 Å². The second-order valence-electron chi connectivity index (χ2n) is 3.87. The standard InChI is InChI=1S/C9H16O3S/c1-13(11,12)9-4-2-8(3-5-9)6-7-10/h7-9H,2-6H2,1H3. The number of carbonyl (C=O) groups is 1. The van der Waals surface area contributed by atoms with Crippen LogP contribution in [0.5, 0.6) is 0 Å². The molecular formula is C9H16O3S. The molecule has 0 atom stereocenters. The van der Waals surface area contributed by atoms with E-state index in [0.717, 1.165) is 32.0 Å². The van der Waals surface area contributed by atoms with Gasteiger partial charge in [-0.25, -0.2) is 8.42 Å². The van der Waals surface area contributed by atoms with E-state index in [4.69, 9.17) is 0 Å². The van der Waals surface area contributed by atoms with E-state index >= 15 is 0 Å². The summed E-state index contributed by atoms with van der Waals surface area (Å²) < 4.78 is 22.4. The number of carbonyl (C=O) groups excluding carboxylic acids is 1. The molecule has 0 aromatic carbocycles. The van der Waals surface area contributed by atoms with Crippen LogP contribution in [-0.4, -0.2) is 26.2 Å². The Morgan fingerprint density at radius 1 is 1.23 bits per heavy atom. The molecule has 0 radical (unpaired) electrons. The average molecular weight is 204 g/mol. The summed E-state index contributed by atoms with van der Waals surface area (Å²) in [5, 5.41) is -0.157. The van der Waals surface area contributed by atoms with E-state index in [9.17, 15) is 13.2 Å². The largest absolute Gasteiger partial charge is 0.303 e. The predicted molar refractivity (Wildman–Crippen MR) is 51.3 cm³/mol. The lowest BCUT2D eigenvalue weighted by atomic mass is 9.87. The first-order valence-electron chi connectivity index (χ1n) is 4.66. The van der Waals surface area contributed by atoms with Crippen LogP contribution in [0.15, 0.2) is 0 Å². The van der Waals surface area contributed by atoms with Gasteiger partial charge in [0.05, 0.1) is 5.25 Å². The topological polar surface area (TPSA) is 51.2 Å². The molecule has 0 N–H and O–H groups in total. The van der Waals surface area contributed by atoms with Crippen LogP contribution >= 0.6 is 0 Å². The zero-order valence-electron chi connectivity index (χ0n) is 7.90. The predicted octanol–water partition coefficient (Wildman–Crippen LogP) is 1.18. The van der Waals surface area contributed by atoms with Gasteiger partial charge in [0.2, 0.25) is 0 Å². The number of sulfone groups is 1. The molecule has 0 heterocycles. The Balaban J connectivity index is 2.43. The summed E-state index contributed by atoms with van der Waals surface area (Å²) in [4.78, 5) is 10.2. The van der Waals surface area contributed by atoms with Gasteiger partial charge >= 0.3 is 0 Å². The Bertz CT molecular complexity index is 261. The van der Waals surface area contributed by atoms with Crippen LogP contribution in [0, 0.1) is 5.92 Å². The number of rotatable bonds is 3. The molecule has 0 amide bonds. The molecule has 1 rings (SSSR count). The second kappa shape index (κ2) is 4.22. The van der Waals surface area contributed by atoms with Crippen LogP contribution < -0.4 is 0 Å². The van der Waals surface area contributed by atoms with Gasteiger partial charge < -0.3 is 4.79 Å². The lowest BCUT2D eigenvalue weighted by Gasteiger charge is -2.25. The molecule has 0 saturated heterocycles. The molecule has 0 aliphatic heterocycles. The minimum absolute atomic E-state index is 0.157. The SMILES string of the molecule is CS(=O)(=O)C1CCC(CC=O)CC1. The monoisotopic (exact) mass is 204 g/mol. The summed E-state index contributed by atoms with van der Waals surface area (Å²) in [6.45, 7) is 0. The van der Waals surface area contributed by atoms with Gasteiger partial charge in [-0.15, -0.1) is 0 Å². The summed E-state index contributed by atoms with van der Waals surface area (Å²) in [5.41, 5.74) is 0. The molecule has 0 spiro atoms. The van der Waals surface area contributed by atoms with Crippen molar-refractivity contribution in [2.24, 2.45) is 5.92 Å². The van der Waals surface area contributed by atoms with Crippen molar-refractivity contribution in [2.75, 3.05) is 6.26 Å². The molecule has 0 unspecified atom stereocenters. The number of aldehydes is 1. The summed E-state index contributed by atoms with van der Waals surface area (Å²) in [6.07, 6.45) is 6.07. The van der Waals surface area contributed by atoms with Gasteiger partial charge in [0.15, 0.2) is 0 Å². The lowest BCUT2D eigenvalue weighted by Crippen LogP contribution is -2.26. The molecule has 0 aromatic heterocycles. The summed E-state index contributed by atoms with van der Waals surface area (Å²) in [5.74, 6) is 0.426. The Hall–Kier alpha value is -0.380. The molecule has 3 nitrogen and oxygen atoms in total. The Labute approximate surface area is 79.4 Å². The highest BCUT2D eigenvalue weighted by Crippen LogP contribution is 2.29. The van der Waals surface area contributed by atoms with E-state index < -0.39 is 9.84 Å². The fourth-order valence-electron chi connectivity index (χ4n) is 1.93. The average Bonchev–Trinajstić information content (AvgIpc) is 2.04. The van der Waals surface area contributed by atoms with Crippen LogP contribution in [0.4, 0.5) is 0 Å². The summed E-state index contributed by atoms with van der Waals surface area (Å²) >= 11 is 0. The van der Waals surface area contributed by atoms with Gasteiger partial charge in [-0.1, -0.05) is 0 Å². The van der Waals surface area contributed by atoms with Crippen molar-refractivity contribution in [3.05, 3.63) is 0 Å². The summed E-state index contributed by atoms with van der Waals surface area (Å²) in [7, 11) is -2.85. The van der Waals surface area contributed by atoms with Gasteiger partial charge in [-0.05, 0) is 31.6 Å². The Kier molecular flexibility index (Phi) is 3.47. The molecule has 1 saturated carbocycles. The molecule has 13 heavy (non-hydrogen) atoms. The maximum absolute atomic E-state index is 11.2. The number of hydrogen-bond acceptors (Lipinski definition) is 3. The zero-order chi connectivity index (χ0) is 9.90. The number of hydrogen-bond donors (Lipinski definition) is 0. The highest BCUT2D eigenvalue weighted by molar-refractivity contribution is 7.91. The van der Waals surface area contributed by atoms with E-state index in [2.05, 4.69) is 0 Å². The quantitative estimate of drug-likeness (QED) is 0.649. The van der Waals surface area contributed by atoms with Crippen molar-refractivity contribution in [2.45, 2.75) is 37.4 Å². The first-order chi connectivity index (χ1) is 6.04. The Morgan fingerprint density at radius 3 is 2.15 bits per heavy atom. The first-order valence-corrected chi connectivity index (χ1v) is 6.62. The summed E-state index contributed by atoms with van der Waals surface area (Å²) in [6, 6.07) is 0. The Morgan fingerprint density at radius 2 is 1.77 bits per heavy atom. The van der Waals surface area contributed by atoms with E-state index in [1.54, 1.807) is 0 Å². The smallest absolute Gasteiger partial charge is 0.150 e. The van der Waals surface area contributed by atoms with Gasteiger partial charge in [0.25, 0.3) is 0 Å². The van der Waals surface area contributed by atoms with E-state index in [0.29, 0.717) is 12.3 Å². The maximum Gasteiger partial charge on any atom is 0.150 e. The van der Waals surface area contributed by atoms with Crippen molar-refractivity contribution >= 4 is 16.1 Å². The van der Waals surface area contributed by atoms with Crippen molar-refractivity contribution in [1.29, 1.82) is 0 Å². The van der Waals surface area contributed by atoms with Gasteiger partial charge in [-0.2, -0.15) is 0 Å². The van der Waals surface area contributed by atoms with Crippen molar-refractivity contribution in [1.82, 2.24) is 0 Å². The maximum atomic E-state index is 11.2. The molecule has 1 aliphatic carbocycles. The fraction of sp³-hybridized carbons (Fsp3) is 0.889. The lowest BCUT2D eigenvalue weighted by molar-refractivity contribution is -0.108. The fourth-order valence-corrected chi connectivity index (χ4v) is 3.06. The van der Waals surface area contributed by atoms with Crippen LogP contribution in [0.1, 0.15) is 32.1 Å². The van der Waals surface area contributed by atoms with Crippen molar-refractivity contribution < 1.29 is 13.2 Å². The minimum atomic E-state index is -2.85. The molecular weight excluding hydrogens is 188 g/mol. The second-order valence-corrected chi connectivity index (χ2v) is 6.20. The first kappa shape index (κ1) is 10.7. The van der Waals surface area contributed by atoms with Crippen LogP contribution in [-0.2, 0) is 14.6 Å². The highest BCUT2D eigenvalue weighted by Gasteiger charge is 2.27. The van der Waals surface area contributed by atoms with Crippen LogP contribution in [0.3, 0.4) is 0 Å². The van der Waals surface area contributed by atoms with Crippen LogP contribution in [0.25, 0.3) is 0 Å².